The van der Waals surface area contributed by atoms with E-state index in [1.165, 1.54) is 5.56 Å². The van der Waals surface area contributed by atoms with Crippen LogP contribution in [0.5, 0.6) is 0 Å². The van der Waals surface area contributed by atoms with E-state index < -0.39 is 0 Å². The van der Waals surface area contributed by atoms with Crippen molar-refractivity contribution >= 4 is 0 Å². The van der Waals surface area contributed by atoms with Gasteiger partial charge < -0.3 is 9.88 Å². The minimum Gasteiger partial charge on any atom is -0.334 e. The van der Waals surface area contributed by atoms with Gasteiger partial charge in [0, 0.05) is 60.4 Å². The molecule has 6 nitrogen and oxygen atoms in total. The fourth-order valence-electron chi connectivity index (χ4n) is 3.40. The van der Waals surface area contributed by atoms with Crippen molar-refractivity contribution in [3.8, 4) is 11.4 Å². The van der Waals surface area contributed by atoms with Gasteiger partial charge in [-0.2, -0.15) is 0 Å². The van der Waals surface area contributed by atoms with Crippen LogP contribution < -0.4 is 5.32 Å². The van der Waals surface area contributed by atoms with Gasteiger partial charge in [0.1, 0.15) is 5.82 Å². The highest BCUT2D eigenvalue weighted by Gasteiger charge is 2.22. The van der Waals surface area contributed by atoms with Crippen LogP contribution in [0.25, 0.3) is 11.4 Å². The summed E-state index contributed by atoms with van der Waals surface area (Å²) in [6.45, 7) is 3.83. The first-order chi connectivity index (χ1) is 12.3. The van der Waals surface area contributed by atoms with Gasteiger partial charge in [0.05, 0.1) is 6.54 Å². The van der Waals surface area contributed by atoms with Gasteiger partial charge in [-0.3, -0.25) is 4.98 Å². The first-order valence-electron chi connectivity index (χ1n) is 8.84. The van der Waals surface area contributed by atoms with E-state index in [1.54, 1.807) is 6.20 Å². The third-order valence-corrected chi connectivity index (χ3v) is 4.75. The van der Waals surface area contributed by atoms with E-state index in [0.717, 1.165) is 55.3 Å². The lowest BCUT2D eigenvalue weighted by Gasteiger charge is -2.25. The molecule has 4 rings (SSSR count). The second-order valence-corrected chi connectivity index (χ2v) is 6.29. The molecule has 0 aromatic carbocycles. The SMILES string of the molecule is CCn1ccnc1CN[C@@H]1CCCc2nc(-c3cccnc3)ncc21. The van der Waals surface area contributed by atoms with Crippen LogP contribution in [0.3, 0.4) is 0 Å². The molecule has 0 radical (unpaired) electrons. The minimum atomic E-state index is 0.286. The summed E-state index contributed by atoms with van der Waals surface area (Å²) in [5, 5.41) is 3.64. The van der Waals surface area contributed by atoms with Gasteiger partial charge in [0.2, 0.25) is 0 Å². The number of nitrogens with one attached hydrogen (secondary N) is 1. The summed E-state index contributed by atoms with van der Waals surface area (Å²) in [4.78, 5) is 18.0. The fraction of sp³-hybridized carbons (Fsp3) is 0.368. The summed E-state index contributed by atoms with van der Waals surface area (Å²) >= 11 is 0. The van der Waals surface area contributed by atoms with Crippen LogP contribution in [0.15, 0.2) is 43.1 Å². The molecule has 0 saturated heterocycles. The highest BCUT2D eigenvalue weighted by Crippen LogP contribution is 2.29. The number of imidazole rings is 1. The van der Waals surface area contributed by atoms with Gasteiger partial charge >= 0.3 is 0 Å². The number of aromatic nitrogens is 5. The largest absolute Gasteiger partial charge is 0.334 e. The number of aryl methyl sites for hydroxylation is 2. The Morgan fingerprint density at radius 3 is 3.04 bits per heavy atom. The Labute approximate surface area is 147 Å². The molecular weight excluding hydrogens is 312 g/mol. The minimum absolute atomic E-state index is 0.286. The number of pyridine rings is 1. The van der Waals surface area contributed by atoms with Gasteiger partial charge in [0.15, 0.2) is 5.82 Å². The molecule has 1 aliphatic carbocycles. The third-order valence-electron chi connectivity index (χ3n) is 4.75. The van der Waals surface area contributed by atoms with Gasteiger partial charge in [-0.05, 0) is 38.3 Å². The van der Waals surface area contributed by atoms with Gasteiger partial charge in [-0.25, -0.2) is 15.0 Å². The molecule has 0 amide bonds. The maximum absolute atomic E-state index is 4.80. The number of rotatable bonds is 5. The molecular formula is C19H22N6. The van der Waals surface area contributed by atoms with Crippen LogP contribution in [0.4, 0.5) is 0 Å². The molecule has 3 aromatic heterocycles. The molecule has 0 spiro atoms. The second-order valence-electron chi connectivity index (χ2n) is 6.29. The third kappa shape index (κ3) is 3.30. The molecule has 1 aliphatic rings. The summed E-state index contributed by atoms with van der Waals surface area (Å²) in [6, 6.07) is 4.20. The highest BCUT2D eigenvalue weighted by atomic mass is 15.1. The zero-order chi connectivity index (χ0) is 17.1. The monoisotopic (exact) mass is 334 g/mol. The summed E-state index contributed by atoms with van der Waals surface area (Å²) in [5.74, 6) is 1.83. The van der Waals surface area contributed by atoms with E-state index >= 15 is 0 Å². The molecule has 0 fully saturated rings. The predicted octanol–water partition coefficient (Wildman–Crippen LogP) is 2.92. The Morgan fingerprint density at radius 2 is 2.20 bits per heavy atom. The molecule has 0 aliphatic heterocycles. The van der Waals surface area contributed by atoms with Crippen LogP contribution >= 0.6 is 0 Å². The molecule has 1 N–H and O–H groups in total. The van der Waals surface area contributed by atoms with Crippen LogP contribution in [0, 0.1) is 0 Å². The second kappa shape index (κ2) is 7.11. The Balaban J connectivity index is 1.54. The lowest BCUT2D eigenvalue weighted by molar-refractivity contribution is 0.441. The molecule has 1 atom stereocenters. The number of hydrogen-bond donors (Lipinski definition) is 1. The normalized spacial score (nSPS) is 16.6. The summed E-state index contributed by atoms with van der Waals surface area (Å²) < 4.78 is 2.17. The highest BCUT2D eigenvalue weighted by molar-refractivity contribution is 5.53. The predicted molar refractivity (Wildman–Crippen MR) is 95.7 cm³/mol. The van der Waals surface area contributed by atoms with Crippen molar-refractivity contribution in [1.82, 2.24) is 29.8 Å². The molecule has 25 heavy (non-hydrogen) atoms. The number of fused-ring (bicyclic) bond motifs is 1. The topological polar surface area (TPSA) is 68.5 Å². The fourth-order valence-corrected chi connectivity index (χ4v) is 3.40. The molecule has 3 heterocycles. The molecule has 0 saturated carbocycles. The zero-order valence-corrected chi connectivity index (χ0v) is 14.4. The van der Waals surface area contributed by atoms with E-state index in [0.29, 0.717) is 0 Å². The molecule has 0 bridgehead atoms. The van der Waals surface area contributed by atoms with Crippen LogP contribution in [0.1, 0.15) is 42.9 Å². The van der Waals surface area contributed by atoms with Crippen molar-refractivity contribution < 1.29 is 0 Å². The zero-order valence-electron chi connectivity index (χ0n) is 14.4. The Morgan fingerprint density at radius 1 is 1.24 bits per heavy atom. The van der Waals surface area contributed by atoms with Gasteiger partial charge in [-0.15, -0.1) is 0 Å². The Kier molecular flexibility index (Phi) is 4.52. The number of nitrogens with zero attached hydrogens (tertiary/aromatic N) is 5. The van der Waals surface area contributed by atoms with E-state index in [-0.39, 0.29) is 6.04 Å². The molecule has 3 aromatic rings. The molecule has 6 heteroatoms. The van der Waals surface area contributed by atoms with Crippen molar-refractivity contribution in [2.24, 2.45) is 0 Å². The van der Waals surface area contributed by atoms with Gasteiger partial charge in [0.25, 0.3) is 0 Å². The number of hydrogen-bond acceptors (Lipinski definition) is 5. The van der Waals surface area contributed by atoms with E-state index in [9.17, 15) is 0 Å². The van der Waals surface area contributed by atoms with Gasteiger partial charge in [-0.1, -0.05) is 0 Å². The lowest BCUT2D eigenvalue weighted by Crippen LogP contribution is -2.27. The van der Waals surface area contributed by atoms with Crippen LogP contribution in [-0.4, -0.2) is 24.5 Å². The Bertz CT molecular complexity index is 842. The van der Waals surface area contributed by atoms with E-state index in [2.05, 4.69) is 31.8 Å². The molecule has 0 unspecified atom stereocenters. The lowest BCUT2D eigenvalue weighted by atomic mass is 9.92. The molecule has 128 valence electrons. The Hall–Kier alpha value is -2.60. The van der Waals surface area contributed by atoms with Crippen molar-refractivity contribution in [1.29, 1.82) is 0 Å². The first kappa shape index (κ1) is 15.9. The van der Waals surface area contributed by atoms with Crippen molar-refractivity contribution in [2.45, 2.75) is 45.3 Å². The standard InChI is InChI=1S/C19H22N6/c1-2-25-10-9-21-18(25)13-22-16-6-3-7-17-15(16)12-23-19(24-17)14-5-4-8-20-11-14/h4-5,8-12,16,22H,2-3,6-7,13H2,1H3/t16-/m1/s1. The van der Waals surface area contributed by atoms with Crippen molar-refractivity contribution in [2.75, 3.05) is 0 Å². The average molecular weight is 334 g/mol. The quantitative estimate of drug-likeness (QED) is 0.777. The van der Waals surface area contributed by atoms with Crippen LogP contribution in [-0.2, 0) is 19.5 Å². The summed E-state index contributed by atoms with van der Waals surface area (Å²) in [6.07, 6.45) is 12.7. The maximum Gasteiger partial charge on any atom is 0.160 e. The summed E-state index contributed by atoms with van der Waals surface area (Å²) in [7, 11) is 0. The van der Waals surface area contributed by atoms with Crippen molar-refractivity contribution in [3.05, 3.63) is 60.2 Å². The maximum atomic E-state index is 4.80. The average Bonchev–Trinajstić information content (AvgIpc) is 3.14. The summed E-state index contributed by atoms with van der Waals surface area (Å²) in [5.41, 5.74) is 3.33. The first-order valence-corrected chi connectivity index (χ1v) is 8.84. The van der Waals surface area contributed by atoms with E-state index in [1.807, 2.05) is 36.9 Å². The van der Waals surface area contributed by atoms with Crippen molar-refractivity contribution in [3.63, 3.8) is 0 Å². The smallest absolute Gasteiger partial charge is 0.160 e. The van der Waals surface area contributed by atoms with E-state index in [4.69, 9.17) is 4.98 Å². The van der Waals surface area contributed by atoms with Crippen LogP contribution in [0.2, 0.25) is 0 Å².